The molecule has 3 aromatic rings. The van der Waals surface area contributed by atoms with Crippen LogP contribution in [0, 0.1) is 0 Å². The van der Waals surface area contributed by atoms with Crippen molar-refractivity contribution in [2.45, 2.75) is 12.5 Å². The van der Waals surface area contributed by atoms with Crippen molar-refractivity contribution in [3.63, 3.8) is 0 Å². The zero-order valence-corrected chi connectivity index (χ0v) is 11.6. The zero-order valence-electron chi connectivity index (χ0n) is 11.6. The van der Waals surface area contributed by atoms with Crippen LogP contribution < -0.4 is 11.1 Å². The fraction of sp³-hybridized carbons (Fsp3) is 0.125. The van der Waals surface area contributed by atoms with Crippen molar-refractivity contribution in [1.82, 2.24) is 10.2 Å². The molecule has 106 valence electrons. The Morgan fingerprint density at radius 2 is 2.00 bits per heavy atom. The molecule has 0 saturated heterocycles. The van der Waals surface area contributed by atoms with Gasteiger partial charge in [0, 0.05) is 11.1 Å². The number of nitrogens with one attached hydrogen (secondary N) is 2. The second-order valence-electron chi connectivity index (χ2n) is 5.19. The molecule has 5 nitrogen and oxygen atoms in total. The van der Waals surface area contributed by atoms with Gasteiger partial charge >= 0.3 is 0 Å². The van der Waals surface area contributed by atoms with Gasteiger partial charge in [-0.1, -0.05) is 30.3 Å². The van der Waals surface area contributed by atoms with Crippen LogP contribution in [0.3, 0.4) is 0 Å². The monoisotopic (exact) mass is 280 g/mol. The lowest BCUT2D eigenvalue weighted by atomic mass is 9.92. The van der Waals surface area contributed by atoms with Crippen LogP contribution in [0.25, 0.3) is 10.9 Å². The fourth-order valence-corrected chi connectivity index (χ4v) is 2.19. The van der Waals surface area contributed by atoms with Gasteiger partial charge in [0.25, 0.3) is 0 Å². The molecule has 1 heterocycles. The van der Waals surface area contributed by atoms with Crippen LogP contribution in [0.5, 0.6) is 0 Å². The standard InChI is InChI=1S/C16H16N4O/c1-16(17,12-5-3-2-4-6-12)15(21)19-13-8-7-11-10-18-20-14(11)9-13/h2-10H,17H2,1H3,(H,18,20)(H,19,21). The molecule has 5 heteroatoms. The number of nitrogens with zero attached hydrogens (tertiary/aromatic N) is 1. The highest BCUT2D eigenvalue weighted by atomic mass is 16.2. The first kappa shape index (κ1) is 13.3. The summed E-state index contributed by atoms with van der Waals surface area (Å²) >= 11 is 0. The Labute approximate surface area is 122 Å². The minimum absolute atomic E-state index is 0.257. The third kappa shape index (κ3) is 2.51. The molecule has 0 aliphatic rings. The summed E-state index contributed by atoms with van der Waals surface area (Å²) in [5.41, 5.74) is 7.42. The lowest BCUT2D eigenvalue weighted by molar-refractivity contribution is -0.120. The number of carbonyl (C=O) groups is 1. The van der Waals surface area contributed by atoms with E-state index in [9.17, 15) is 4.79 Å². The number of aromatic nitrogens is 2. The van der Waals surface area contributed by atoms with Crippen molar-refractivity contribution in [3.8, 4) is 0 Å². The predicted octanol–water partition coefficient (Wildman–Crippen LogP) is 2.38. The summed E-state index contributed by atoms with van der Waals surface area (Å²) < 4.78 is 0. The highest BCUT2D eigenvalue weighted by Gasteiger charge is 2.30. The largest absolute Gasteiger partial charge is 0.324 e. The van der Waals surface area contributed by atoms with Gasteiger partial charge in [-0.15, -0.1) is 0 Å². The number of anilines is 1. The molecule has 1 unspecified atom stereocenters. The normalized spacial score (nSPS) is 13.8. The van der Waals surface area contributed by atoms with Crippen LogP contribution in [-0.2, 0) is 10.3 Å². The first-order valence-corrected chi connectivity index (χ1v) is 6.66. The summed E-state index contributed by atoms with van der Waals surface area (Å²) in [5.74, 6) is -0.257. The SMILES string of the molecule is CC(N)(C(=O)Nc1ccc2cn[nH]c2c1)c1ccccc1. The van der Waals surface area contributed by atoms with Gasteiger partial charge in [-0.3, -0.25) is 9.89 Å². The first-order chi connectivity index (χ1) is 10.1. The molecule has 0 aliphatic heterocycles. The Kier molecular flexibility index (Phi) is 3.19. The topological polar surface area (TPSA) is 83.8 Å². The van der Waals surface area contributed by atoms with E-state index < -0.39 is 5.54 Å². The Morgan fingerprint density at radius 1 is 1.24 bits per heavy atom. The molecule has 0 spiro atoms. The zero-order chi connectivity index (χ0) is 14.9. The lowest BCUT2D eigenvalue weighted by Crippen LogP contribution is -2.45. The van der Waals surface area contributed by atoms with Crippen molar-refractivity contribution >= 4 is 22.5 Å². The molecule has 21 heavy (non-hydrogen) atoms. The maximum Gasteiger partial charge on any atom is 0.248 e. The summed E-state index contributed by atoms with van der Waals surface area (Å²) in [5, 5.41) is 10.7. The first-order valence-electron chi connectivity index (χ1n) is 6.66. The van der Waals surface area contributed by atoms with Crippen LogP contribution in [-0.4, -0.2) is 16.1 Å². The van der Waals surface area contributed by atoms with Gasteiger partial charge in [0.2, 0.25) is 5.91 Å². The molecule has 0 aliphatic carbocycles. The van der Waals surface area contributed by atoms with Crippen LogP contribution in [0.1, 0.15) is 12.5 Å². The number of benzene rings is 2. The van der Waals surface area contributed by atoms with Gasteiger partial charge in [-0.05, 0) is 30.7 Å². The number of carbonyl (C=O) groups excluding carboxylic acids is 1. The van der Waals surface area contributed by atoms with E-state index in [4.69, 9.17) is 5.73 Å². The Hall–Kier alpha value is -2.66. The van der Waals surface area contributed by atoms with Crippen molar-refractivity contribution in [3.05, 3.63) is 60.3 Å². The van der Waals surface area contributed by atoms with Crippen LogP contribution in [0.15, 0.2) is 54.7 Å². The number of fused-ring (bicyclic) bond motifs is 1. The fourth-order valence-electron chi connectivity index (χ4n) is 2.19. The van der Waals surface area contributed by atoms with Gasteiger partial charge in [0.05, 0.1) is 11.7 Å². The van der Waals surface area contributed by atoms with E-state index in [1.165, 1.54) is 0 Å². The van der Waals surface area contributed by atoms with Crippen LogP contribution in [0.4, 0.5) is 5.69 Å². The number of H-pyrrole nitrogens is 1. The number of amides is 1. The molecule has 0 radical (unpaired) electrons. The molecule has 0 fully saturated rings. The maximum atomic E-state index is 12.4. The average molecular weight is 280 g/mol. The highest BCUT2D eigenvalue weighted by molar-refractivity contribution is 5.99. The average Bonchev–Trinajstić information content (AvgIpc) is 2.95. The van der Waals surface area contributed by atoms with E-state index in [1.807, 2.05) is 48.5 Å². The van der Waals surface area contributed by atoms with Gasteiger partial charge < -0.3 is 11.1 Å². The van der Waals surface area contributed by atoms with Gasteiger partial charge in [0.15, 0.2) is 0 Å². The molecular weight excluding hydrogens is 264 g/mol. The van der Waals surface area contributed by atoms with E-state index in [1.54, 1.807) is 13.1 Å². The van der Waals surface area contributed by atoms with E-state index in [2.05, 4.69) is 15.5 Å². The number of aromatic amines is 1. The number of rotatable bonds is 3. The van der Waals surface area contributed by atoms with Gasteiger partial charge in [0.1, 0.15) is 5.54 Å². The molecule has 2 aromatic carbocycles. The number of hydrogen-bond donors (Lipinski definition) is 3. The molecule has 1 amide bonds. The molecular formula is C16H16N4O. The van der Waals surface area contributed by atoms with Crippen molar-refractivity contribution < 1.29 is 4.79 Å². The van der Waals surface area contributed by atoms with Crippen molar-refractivity contribution in [2.24, 2.45) is 5.73 Å². The molecule has 1 aromatic heterocycles. The Bertz CT molecular complexity index is 777. The third-order valence-corrected chi connectivity index (χ3v) is 3.54. The smallest absolute Gasteiger partial charge is 0.248 e. The molecule has 0 saturated carbocycles. The maximum absolute atomic E-state index is 12.4. The summed E-state index contributed by atoms with van der Waals surface area (Å²) in [6.45, 7) is 1.70. The van der Waals surface area contributed by atoms with Crippen LogP contribution >= 0.6 is 0 Å². The summed E-state index contributed by atoms with van der Waals surface area (Å²) in [7, 11) is 0. The predicted molar refractivity (Wildman–Crippen MR) is 82.7 cm³/mol. The second kappa shape index (κ2) is 5.03. The molecule has 1 atom stereocenters. The summed E-state index contributed by atoms with van der Waals surface area (Å²) in [4.78, 5) is 12.4. The Morgan fingerprint density at radius 3 is 2.76 bits per heavy atom. The van der Waals surface area contributed by atoms with E-state index in [0.29, 0.717) is 5.69 Å². The quantitative estimate of drug-likeness (QED) is 0.688. The molecule has 0 bridgehead atoms. The Balaban J connectivity index is 1.85. The minimum atomic E-state index is -1.09. The minimum Gasteiger partial charge on any atom is -0.324 e. The van der Waals surface area contributed by atoms with Crippen molar-refractivity contribution in [1.29, 1.82) is 0 Å². The van der Waals surface area contributed by atoms with Crippen LogP contribution in [0.2, 0.25) is 0 Å². The second-order valence-corrected chi connectivity index (χ2v) is 5.19. The van der Waals surface area contributed by atoms with Crippen molar-refractivity contribution in [2.75, 3.05) is 5.32 Å². The number of nitrogens with two attached hydrogens (primary N) is 1. The van der Waals surface area contributed by atoms with Gasteiger partial charge in [-0.2, -0.15) is 5.10 Å². The summed E-state index contributed by atoms with van der Waals surface area (Å²) in [6.07, 6.45) is 1.73. The summed E-state index contributed by atoms with van der Waals surface area (Å²) in [6, 6.07) is 14.9. The number of hydrogen-bond acceptors (Lipinski definition) is 3. The van der Waals surface area contributed by atoms with E-state index in [-0.39, 0.29) is 5.91 Å². The van der Waals surface area contributed by atoms with E-state index in [0.717, 1.165) is 16.5 Å². The third-order valence-electron chi connectivity index (χ3n) is 3.54. The lowest BCUT2D eigenvalue weighted by Gasteiger charge is -2.24. The highest BCUT2D eigenvalue weighted by Crippen LogP contribution is 2.21. The molecule has 3 rings (SSSR count). The van der Waals surface area contributed by atoms with Gasteiger partial charge in [-0.25, -0.2) is 0 Å². The molecule has 4 N–H and O–H groups in total. The van der Waals surface area contributed by atoms with E-state index >= 15 is 0 Å².